The molecule has 1 aromatic carbocycles. The SMILES string of the molecule is CCCCc1ccc(C(C)NC(CC)c2ncc[nH]2)cc1. The molecule has 0 aliphatic heterocycles. The molecule has 0 bridgehead atoms. The molecule has 0 aliphatic carbocycles. The molecule has 0 fully saturated rings. The standard InChI is InChI=1S/C18H27N3/c1-4-6-7-15-8-10-16(11-9-15)14(3)21-17(5-2)18-19-12-13-20-18/h8-14,17,21H,4-7H2,1-3H3,(H,19,20). The molecule has 2 rings (SSSR count). The predicted molar refractivity (Wildman–Crippen MR) is 88.2 cm³/mol. The number of nitrogens with one attached hydrogen (secondary N) is 2. The van der Waals surface area contributed by atoms with E-state index in [4.69, 9.17) is 0 Å². The first-order chi connectivity index (χ1) is 10.2. The lowest BCUT2D eigenvalue weighted by Crippen LogP contribution is -2.25. The minimum absolute atomic E-state index is 0.273. The zero-order valence-electron chi connectivity index (χ0n) is 13.4. The van der Waals surface area contributed by atoms with Crippen molar-refractivity contribution < 1.29 is 0 Å². The lowest BCUT2D eigenvalue weighted by molar-refractivity contribution is 0.441. The highest BCUT2D eigenvalue weighted by atomic mass is 15.0. The van der Waals surface area contributed by atoms with E-state index in [9.17, 15) is 0 Å². The second-order valence-corrected chi connectivity index (χ2v) is 5.67. The summed E-state index contributed by atoms with van der Waals surface area (Å²) in [5.74, 6) is 1.02. The maximum atomic E-state index is 4.36. The Balaban J connectivity index is 1.97. The smallest absolute Gasteiger partial charge is 0.123 e. The van der Waals surface area contributed by atoms with Gasteiger partial charge >= 0.3 is 0 Å². The predicted octanol–water partition coefficient (Wildman–Crippen LogP) is 4.55. The molecule has 0 saturated heterocycles. The fourth-order valence-corrected chi connectivity index (χ4v) is 2.61. The van der Waals surface area contributed by atoms with Gasteiger partial charge in [-0.15, -0.1) is 0 Å². The second kappa shape index (κ2) is 7.99. The zero-order valence-corrected chi connectivity index (χ0v) is 13.4. The average molecular weight is 285 g/mol. The topological polar surface area (TPSA) is 40.7 Å². The quantitative estimate of drug-likeness (QED) is 0.746. The normalized spacial score (nSPS) is 14.0. The van der Waals surface area contributed by atoms with Crippen LogP contribution in [-0.4, -0.2) is 9.97 Å². The first kappa shape index (κ1) is 15.8. The van der Waals surface area contributed by atoms with E-state index in [1.807, 2.05) is 12.4 Å². The van der Waals surface area contributed by atoms with Gasteiger partial charge in [0.15, 0.2) is 0 Å². The summed E-state index contributed by atoms with van der Waals surface area (Å²) >= 11 is 0. The molecular weight excluding hydrogens is 258 g/mol. The number of H-pyrrole nitrogens is 1. The third-order valence-electron chi connectivity index (χ3n) is 4.01. The van der Waals surface area contributed by atoms with Gasteiger partial charge in [0.05, 0.1) is 6.04 Å². The Kier molecular flexibility index (Phi) is 6.00. The van der Waals surface area contributed by atoms with E-state index in [-0.39, 0.29) is 6.04 Å². The maximum absolute atomic E-state index is 4.36. The third kappa shape index (κ3) is 4.43. The molecule has 0 saturated carbocycles. The maximum Gasteiger partial charge on any atom is 0.123 e. The molecule has 3 heteroatoms. The van der Waals surface area contributed by atoms with E-state index < -0.39 is 0 Å². The Morgan fingerprint density at radius 3 is 2.52 bits per heavy atom. The molecule has 3 nitrogen and oxygen atoms in total. The van der Waals surface area contributed by atoms with Gasteiger partial charge in [-0.1, -0.05) is 44.5 Å². The number of unbranched alkanes of at least 4 members (excludes halogenated alkanes) is 1. The summed E-state index contributed by atoms with van der Waals surface area (Å²) in [5, 5.41) is 3.65. The van der Waals surface area contributed by atoms with Crippen LogP contribution in [0.5, 0.6) is 0 Å². The van der Waals surface area contributed by atoms with Crippen molar-refractivity contribution in [2.24, 2.45) is 0 Å². The highest BCUT2D eigenvalue weighted by Crippen LogP contribution is 2.20. The van der Waals surface area contributed by atoms with Crippen molar-refractivity contribution in [3.8, 4) is 0 Å². The van der Waals surface area contributed by atoms with E-state index in [0.717, 1.165) is 12.2 Å². The number of hydrogen-bond donors (Lipinski definition) is 2. The summed E-state index contributed by atoms with van der Waals surface area (Å²) in [7, 11) is 0. The van der Waals surface area contributed by atoms with E-state index in [1.54, 1.807) is 0 Å². The molecule has 1 aromatic heterocycles. The Hall–Kier alpha value is -1.61. The van der Waals surface area contributed by atoms with Gasteiger partial charge in [0.2, 0.25) is 0 Å². The molecular formula is C18H27N3. The first-order valence-corrected chi connectivity index (χ1v) is 8.08. The van der Waals surface area contributed by atoms with Gasteiger partial charge in [-0.3, -0.25) is 0 Å². The lowest BCUT2D eigenvalue weighted by atomic mass is 10.0. The van der Waals surface area contributed by atoms with E-state index in [0.29, 0.717) is 6.04 Å². The summed E-state index contributed by atoms with van der Waals surface area (Å²) in [6, 6.07) is 9.61. The van der Waals surface area contributed by atoms with Crippen LogP contribution in [0.3, 0.4) is 0 Å². The van der Waals surface area contributed by atoms with Gasteiger partial charge < -0.3 is 10.3 Å². The van der Waals surface area contributed by atoms with Crippen LogP contribution in [0, 0.1) is 0 Å². The van der Waals surface area contributed by atoms with Crippen LogP contribution < -0.4 is 5.32 Å². The number of aromatic nitrogens is 2. The van der Waals surface area contributed by atoms with Crippen molar-refractivity contribution >= 4 is 0 Å². The Morgan fingerprint density at radius 1 is 1.19 bits per heavy atom. The molecule has 2 unspecified atom stereocenters. The molecule has 1 heterocycles. The second-order valence-electron chi connectivity index (χ2n) is 5.67. The van der Waals surface area contributed by atoms with Crippen molar-refractivity contribution in [3.63, 3.8) is 0 Å². The van der Waals surface area contributed by atoms with E-state index in [2.05, 4.69) is 60.3 Å². The van der Waals surface area contributed by atoms with Gasteiger partial charge in [0.1, 0.15) is 5.82 Å². The summed E-state index contributed by atoms with van der Waals surface area (Å²) in [6.45, 7) is 6.63. The number of benzene rings is 1. The Labute approximate surface area is 128 Å². The summed E-state index contributed by atoms with van der Waals surface area (Å²) in [5.41, 5.74) is 2.77. The van der Waals surface area contributed by atoms with Crippen LogP contribution in [-0.2, 0) is 6.42 Å². The molecule has 114 valence electrons. The van der Waals surface area contributed by atoms with Crippen molar-refractivity contribution in [1.82, 2.24) is 15.3 Å². The van der Waals surface area contributed by atoms with Crippen molar-refractivity contribution in [3.05, 3.63) is 53.6 Å². The average Bonchev–Trinajstić information content (AvgIpc) is 3.05. The third-order valence-corrected chi connectivity index (χ3v) is 4.01. The Bertz CT molecular complexity index is 502. The zero-order chi connectivity index (χ0) is 15.1. The lowest BCUT2D eigenvalue weighted by Gasteiger charge is -2.21. The fourth-order valence-electron chi connectivity index (χ4n) is 2.61. The number of rotatable bonds is 8. The van der Waals surface area contributed by atoms with Crippen LogP contribution in [0.2, 0.25) is 0 Å². The molecule has 2 aromatic rings. The van der Waals surface area contributed by atoms with Gasteiger partial charge in [0, 0.05) is 18.4 Å². The van der Waals surface area contributed by atoms with Crippen LogP contribution in [0.1, 0.15) is 69.1 Å². The van der Waals surface area contributed by atoms with E-state index >= 15 is 0 Å². The Morgan fingerprint density at radius 2 is 1.95 bits per heavy atom. The highest BCUT2D eigenvalue weighted by molar-refractivity contribution is 5.25. The molecule has 2 atom stereocenters. The molecule has 0 spiro atoms. The van der Waals surface area contributed by atoms with Crippen molar-refractivity contribution in [2.45, 2.75) is 58.5 Å². The summed E-state index contributed by atoms with van der Waals surface area (Å²) < 4.78 is 0. The van der Waals surface area contributed by atoms with Gasteiger partial charge in [-0.2, -0.15) is 0 Å². The van der Waals surface area contributed by atoms with Gasteiger partial charge in [-0.25, -0.2) is 4.98 Å². The minimum atomic E-state index is 0.273. The number of aromatic amines is 1. The molecule has 0 amide bonds. The van der Waals surface area contributed by atoms with Crippen molar-refractivity contribution in [2.75, 3.05) is 0 Å². The first-order valence-electron chi connectivity index (χ1n) is 8.08. The molecule has 0 radical (unpaired) electrons. The van der Waals surface area contributed by atoms with Crippen LogP contribution >= 0.6 is 0 Å². The summed E-state index contributed by atoms with van der Waals surface area (Å²) in [6.07, 6.45) is 8.42. The van der Waals surface area contributed by atoms with Gasteiger partial charge in [-0.05, 0) is 37.3 Å². The summed E-state index contributed by atoms with van der Waals surface area (Å²) in [4.78, 5) is 7.57. The van der Waals surface area contributed by atoms with Gasteiger partial charge in [0.25, 0.3) is 0 Å². The molecule has 0 aliphatic rings. The monoisotopic (exact) mass is 285 g/mol. The minimum Gasteiger partial charge on any atom is -0.347 e. The number of imidazole rings is 1. The fraction of sp³-hybridized carbons (Fsp3) is 0.500. The number of aryl methyl sites for hydroxylation is 1. The number of hydrogen-bond acceptors (Lipinski definition) is 2. The van der Waals surface area contributed by atoms with Crippen LogP contribution in [0.25, 0.3) is 0 Å². The van der Waals surface area contributed by atoms with Crippen LogP contribution in [0.15, 0.2) is 36.7 Å². The highest BCUT2D eigenvalue weighted by Gasteiger charge is 2.15. The molecule has 2 N–H and O–H groups in total. The van der Waals surface area contributed by atoms with Crippen molar-refractivity contribution in [1.29, 1.82) is 0 Å². The van der Waals surface area contributed by atoms with Crippen LogP contribution in [0.4, 0.5) is 0 Å². The molecule has 21 heavy (non-hydrogen) atoms. The van der Waals surface area contributed by atoms with E-state index in [1.165, 1.54) is 30.4 Å². The largest absolute Gasteiger partial charge is 0.347 e. The number of nitrogens with zero attached hydrogens (tertiary/aromatic N) is 1.